The molecular formula is C23H26N4O. The molecule has 0 radical (unpaired) electrons. The van der Waals surface area contributed by atoms with E-state index in [4.69, 9.17) is 0 Å². The highest BCUT2D eigenvalue weighted by atomic mass is 16.1. The predicted octanol–water partition coefficient (Wildman–Crippen LogP) is 4.33. The number of hydrogen-bond donors (Lipinski definition) is 1. The fourth-order valence-electron chi connectivity index (χ4n) is 3.28. The molecule has 2 heterocycles. The molecule has 0 aliphatic heterocycles. The molecule has 1 aromatic carbocycles. The second kappa shape index (κ2) is 7.58. The Kier molecular flexibility index (Phi) is 4.99. The summed E-state index contributed by atoms with van der Waals surface area (Å²) in [5, 5.41) is 7.61. The minimum absolute atomic E-state index is 0.0322. The molecule has 1 amide bonds. The lowest BCUT2D eigenvalue weighted by atomic mass is 10.0. The monoisotopic (exact) mass is 374 g/mol. The van der Waals surface area contributed by atoms with Crippen LogP contribution < -0.4 is 5.32 Å². The zero-order valence-electron chi connectivity index (χ0n) is 16.6. The van der Waals surface area contributed by atoms with E-state index in [1.807, 2.05) is 54.3 Å². The van der Waals surface area contributed by atoms with Crippen molar-refractivity contribution in [1.29, 1.82) is 0 Å². The van der Waals surface area contributed by atoms with Gasteiger partial charge in [-0.3, -0.25) is 9.78 Å². The van der Waals surface area contributed by atoms with Crippen LogP contribution >= 0.6 is 0 Å². The Bertz CT molecular complexity index is 984. The third kappa shape index (κ3) is 4.14. The molecule has 1 aliphatic rings. The molecule has 1 aliphatic carbocycles. The number of rotatable bonds is 6. The Labute approximate surface area is 165 Å². The molecule has 0 unspecified atom stereocenters. The van der Waals surface area contributed by atoms with Crippen molar-refractivity contribution in [3.8, 4) is 16.9 Å². The molecule has 144 valence electrons. The zero-order chi connectivity index (χ0) is 19.7. The SMILES string of the molecule is Cc1ccc(-c2cc(C(=O)NC3CC3)cc(-n3nccc3CC(C)C)c2)nc1. The summed E-state index contributed by atoms with van der Waals surface area (Å²) in [6.07, 6.45) is 6.73. The molecule has 3 aromatic rings. The second-order valence-electron chi connectivity index (χ2n) is 8.07. The average molecular weight is 374 g/mol. The molecule has 0 spiro atoms. The molecule has 0 bridgehead atoms. The summed E-state index contributed by atoms with van der Waals surface area (Å²) in [6, 6.07) is 12.3. The lowest BCUT2D eigenvalue weighted by Gasteiger charge is -2.13. The summed E-state index contributed by atoms with van der Waals surface area (Å²) >= 11 is 0. The van der Waals surface area contributed by atoms with Gasteiger partial charge in [0.05, 0.1) is 11.4 Å². The third-order valence-electron chi connectivity index (χ3n) is 4.88. The van der Waals surface area contributed by atoms with Crippen LogP contribution in [0.25, 0.3) is 16.9 Å². The van der Waals surface area contributed by atoms with Crippen LogP contribution in [0.5, 0.6) is 0 Å². The number of carbonyl (C=O) groups excluding carboxylic acids is 1. The Morgan fingerprint density at radius 3 is 2.71 bits per heavy atom. The molecule has 28 heavy (non-hydrogen) atoms. The first kappa shape index (κ1) is 18.4. The molecule has 0 atom stereocenters. The lowest BCUT2D eigenvalue weighted by Crippen LogP contribution is -2.25. The van der Waals surface area contributed by atoms with E-state index in [1.165, 1.54) is 0 Å². The first-order chi connectivity index (χ1) is 13.5. The van der Waals surface area contributed by atoms with Gasteiger partial charge in [0.1, 0.15) is 0 Å². The van der Waals surface area contributed by atoms with Crippen molar-refractivity contribution in [3.05, 3.63) is 65.6 Å². The number of aryl methyl sites for hydroxylation is 1. The van der Waals surface area contributed by atoms with Gasteiger partial charge in [0.15, 0.2) is 0 Å². The first-order valence-corrected chi connectivity index (χ1v) is 9.92. The third-order valence-corrected chi connectivity index (χ3v) is 4.88. The smallest absolute Gasteiger partial charge is 0.251 e. The van der Waals surface area contributed by atoms with E-state index >= 15 is 0 Å². The van der Waals surface area contributed by atoms with E-state index in [0.29, 0.717) is 17.5 Å². The summed E-state index contributed by atoms with van der Waals surface area (Å²) in [7, 11) is 0. The van der Waals surface area contributed by atoms with Crippen LogP contribution in [0.3, 0.4) is 0 Å². The zero-order valence-corrected chi connectivity index (χ0v) is 16.6. The Morgan fingerprint density at radius 1 is 1.21 bits per heavy atom. The molecule has 2 aromatic heterocycles. The molecule has 1 N–H and O–H groups in total. The Hall–Kier alpha value is -2.95. The van der Waals surface area contributed by atoms with Crippen LogP contribution in [0, 0.1) is 12.8 Å². The molecule has 0 saturated heterocycles. The normalized spacial score (nSPS) is 13.7. The van der Waals surface area contributed by atoms with Crippen LogP contribution in [-0.2, 0) is 6.42 Å². The number of aromatic nitrogens is 3. The summed E-state index contributed by atoms with van der Waals surface area (Å²) in [6.45, 7) is 6.40. The first-order valence-electron chi connectivity index (χ1n) is 9.92. The maximum absolute atomic E-state index is 12.8. The summed E-state index contributed by atoms with van der Waals surface area (Å²) in [5.74, 6) is 0.491. The van der Waals surface area contributed by atoms with E-state index in [0.717, 1.165) is 47.5 Å². The van der Waals surface area contributed by atoms with E-state index in [1.54, 1.807) is 0 Å². The van der Waals surface area contributed by atoms with Crippen LogP contribution in [-0.4, -0.2) is 26.7 Å². The fourth-order valence-corrected chi connectivity index (χ4v) is 3.28. The minimum Gasteiger partial charge on any atom is -0.349 e. The molecular weight excluding hydrogens is 348 g/mol. The maximum atomic E-state index is 12.8. The summed E-state index contributed by atoms with van der Waals surface area (Å²) < 4.78 is 1.94. The number of hydrogen-bond acceptors (Lipinski definition) is 3. The van der Waals surface area contributed by atoms with E-state index in [-0.39, 0.29) is 5.91 Å². The van der Waals surface area contributed by atoms with Gasteiger partial charge in [-0.15, -0.1) is 0 Å². The van der Waals surface area contributed by atoms with Gasteiger partial charge in [0.25, 0.3) is 5.91 Å². The largest absolute Gasteiger partial charge is 0.349 e. The van der Waals surface area contributed by atoms with Crippen LogP contribution in [0.1, 0.15) is 48.3 Å². The standard InChI is InChI=1S/C23H26N4O/c1-15(2)10-20-8-9-25-27(20)21-12-17(22-7-4-16(3)14-24-22)11-18(13-21)23(28)26-19-5-6-19/h4,7-9,11-15,19H,5-6,10H2,1-3H3,(H,26,28). The van der Waals surface area contributed by atoms with Crippen molar-refractivity contribution < 1.29 is 4.79 Å². The minimum atomic E-state index is -0.0322. The fraction of sp³-hybridized carbons (Fsp3) is 0.348. The number of nitrogens with one attached hydrogen (secondary N) is 1. The van der Waals surface area contributed by atoms with Gasteiger partial charge in [-0.1, -0.05) is 19.9 Å². The highest BCUT2D eigenvalue weighted by molar-refractivity contribution is 5.96. The van der Waals surface area contributed by atoms with Gasteiger partial charge in [-0.05, 0) is 68.0 Å². The average Bonchev–Trinajstić information content (AvgIpc) is 3.37. The molecule has 5 heteroatoms. The van der Waals surface area contributed by atoms with Gasteiger partial charge >= 0.3 is 0 Å². The van der Waals surface area contributed by atoms with Crippen LogP contribution in [0.15, 0.2) is 48.8 Å². The van der Waals surface area contributed by atoms with E-state index in [2.05, 4.69) is 35.3 Å². The topological polar surface area (TPSA) is 59.8 Å². The maximum Gasteiger partial charge on any atom is 0.251 e. The summed E-state index contributed by atoms with van der Waals surface area (Å²) in [4.78, 5) is 17.3. The van der Waals surface area contributed by atoms with Crippen molar-refractivity contribution in [1.82, 2.24) is 20.1 Å². The van der Waals surface area contributed by atoms with Gasteiger partial charge in [0, 0.05) is 35.3 Å². The number of nitrogens with zero attached hydrogens (tertiary/aromatic N) is 3. The number of benzene rings is 1. The summed E-state index contributed by atoms with van der Waals surface area (Å²) in [5.41, 5.74) is 5.56. The van der Waals surface area contributed by atoms with Crippen molar-refractivity contribution in [2.45, 2.75) is 46.1 Å². The number of carbonyl (C=O) groups is 1. The van der Waals surface area contributed by atoms with Gasteiger partial charge in [-0.25, -0.2) is 4.68 Å². The lowest BCUT2D eigenvalue weighted by molar-refractivity contribution is 0.0951. The van der Waals surface area contributed by atoms with Crippen molar-refractivity contribution >= 4 is 5.91 Å². The molecule has 1 saturated carbocycles. The van der Waals surface area contributed by atoms with Crippen LogP contribution in [0.4, 0.5) is 0 Å². The van der Waals surface area contributed by atoms with Gasteiger partial charge in [-0.2, -0.15) is 5.10 Å². The number of amides is 1. The molecule has 1 fully saturated rings. The van der Waals surface area contributed by atoms with Gasteiger partial charge in [0.2, 0.25) is 0 Å². The van der Waals surface area contributed by atoms with E-state index < -0.39 is 0 Å². The van der Waals surface area contributed by atoms with E-state index in [9.17, 15) is 4.79 Å². The molecule has 5 nitrogen and oxygen atoms in total. The highest BCUT2D eigenvalue weighted by Crippen LogP contribution is 2.26. The molecule has 4 rings (SSSR count). The van der Waals surface area contributed by atoms with Gasteiger partial charge < -0.3 is 5.32 Å². The Balaban J connectivity index is 1.78. The Morgan fingerprint density at radius 2 is 2.04 bits per heavy atom. The predicted molar refractivity (Wildman–Crippen MR) is 111 cm³/mol. The highest BCUT2D eigenvalue weighted by Gasteiger charge is 2.24. The van der Waals surface area contributed by atoms with Crippen LogP contribution in [0.2, 0.25) is 0 Å². The number of pyridine rings is 1. The second-order valence-corrected chi connectivity index (χ2v) is 8.07. The van der Waals surface area contributed by atoms with Crippen molar-refractivity contribution in [2.75, 3.05) is 0 Å². The van der Waals surface area contributed by atoms with Crippen molar-refractivity contribution in [3.63, 3.8) is 0 Å². The quantitative estimate of drug-likeness (QED) is 0.698. The van der Waals surface area contributed by atoms with Crippen molar-refractivity contribution in [2.24, 2.45) is 5.92 Å².